The summed E-state index contributed by atoms with van der Waals surface area (Å²) in [6, 6.07) is 6.46. The molecule has 1 aromatic rings. The standard InChI is InChI=1S/C18H27N3O4S/c1-2-3-4-17(22)21-11-9-16(10-12-21)20-18(23)19-15-7-5-14(6-8-15)13-26(24)25/h5-8,16H,2-4,9-13H2,1H3,(H,24,25)(H2,19,20,23)/p-1. The Balaban J connectivity index is 1.73. The second-order valence-corrected chi connectivity index (χ2v) is 7.40. The van der Waals surface area contributed by atoms with E-state index in [0.717, 1.165) is 25.7 Å². The lowest BCUT2D eigenvalue weighted by molar-refractivity contribution is -0.132. The van der Waals surface area contributed by atoms with Crippen LogP contribution >= 0.6 is 0 Å². The molecule has 1 aliphatic heterocycles. The van der Waals surface area contributed by atoms with Gasteiger partial charge in [0.05, 0.1) is 0 Å². The van der Waals surface area contributed by atoms with E-state index in [2.05, 4.69) is 17.6 Å². The predicted molar refractivity (Wildman–Crippen MR) is 100 cm³/mol. The molecule has 2 rings (SSSR count). The third kappa shape index (κ3) is 6.76. The molecular weight excluding hydrogens is 354 g/mol. The maximum atomic E-state index is 12.1. The van der Waals surface area contributed by atoms with E-state index in [1.807, 2.05) is 4.90 Å². The molecule has 1 unspecified atom stereocenters. The molecule has 26 heavy (non-hydrogen) atoms. The van der Waals surface area contributed by atoms with Crippen LogP contribution in [-0.4, -0.2) is 44.7 Å². The fourth-order valence-electron chi connectivity index (χ4n) is 2.93. The maximum absolute atomic E-state index is 12.1. The third-order valence-electron chi connectivity index (χ3n) is 4.42. The number of carbonyl (C=O) groups excluding carboxylic acids is 2. The average Bonchev–Trinajstić information content (AvgIpc) is 2.61. The SMILES string of the molecule is CCCCC(=O)N1CCC(NC(=O)Nc2ccc(CS(=O)[O-])cc2)CC1. The summed E-state index contributed by atoms with van der Waals surface area (Å²) in [4.78, 5) is 26.0. The Hall–Kier alpha value is -1.93. The van der Waals surface area contributed by atoms with Gasteiger partial charge in [-0.25, -0.2) is 4.79 Å². The number of urea groups is 1. The summed E-state index contributed by atoms with van der Waals surface area (Å²) in [5, 5.41) is 5.68. The van der Waals surface area contributed by atoms with Crippen molar-refractivity contribution in [3.8, 4) is 0 Å². The van der Waals surface area contributed by atoms with E-state index < -0.39 is 11.1 Å². The van der Waals surface area contributed by atoms with Gasteiger partial charge in [-0.05, 0) is 37.0 Å². The van der Waals surface area contributed by atoms with Gasteiger partial charge in [-0.1, -0.05) is 36.6 Å². The fraction of sp³-hybridized carbons (Fsp3) is 0.556. The molecule has 0 spiro atoms. The Morgan fingerprint density at radius 3 is 2.46 bits per heavy atom. The van der Waals surface area contributed by atoms with Crippen molar-refractivity contribution in [2.24, 2.45) is 0 Å². The molecule has 3 amide bonds. The number of amides is 3. The van der Waals surface area contributed by atoms with Crippen LogP contribution in [0.4, 0.5) is 10.5 Å². The van der Waals surface area contributed by atoms with E-state index in [4.69, 9.17) is 0 Å². The van der Waals surface area contributed by atoms with Crippen LogP contribution in [0.15, 0.2) is 24.3 Å². The topological polar surface area (TPSA) is 102 Å². The summed E-state index contributed by atoms with van der Waals surface area (Å²) in [6.07, 6.45) is 4.03. The summed E-state index contributed by atoms with van der Waals surface area (Å²) in [5.41, 5.74) is 1.28. The van der Waals surface area contributed by atoms with Gasteiger partial charge in [0.2, 0.25) is 5.91 Å². The minimum absolute atomic E-state index is 0.0397. The smallest absolute Gasteiger partial charge is 0.319 e. The molecule has 0 saturated carbocycles. The summed E-state index contributed by atoms with van der Waals surface area (Å²) >= 11 is -2.13. The first kappa shape index (κ1) is 20.4. The zero-order chi connectivity index (χ0) is 18.9. The lowest BCUT2D eigenvalue weighted by Crippen LogP contribution is -2.47. The summed E-state index contributed by atoms with van der Waals surface area (Å²) < 4.78 is 21.3. The van der Waals surface area contributed by atoms with Gasteiger partial charge in [0.15, 0.2) is 0 Å². The number of unbranched alkanes of at least 4 members (excludes halogenated alkanes) is 1. The Morgan fingerprint density at radius 1 is 1.23 bits per heavy atom. The number of nitrogens with zero attached hydrogens (tertiary/aromatic N) is 1. The third-order valence-corrected chi connectivity index (χ3v) is 4.99. The number of carbonyl (C=O) groups is 2. The summed E-state index contributed by atoms with van der Waals surface area (Å²) in [5.74, 6) is 0.163. The highest BCUT2D eigenvalue weighted by Crippen LogP contribution is 2.14. The first-order valence-corrected chi connectivity index (χ1v) is 10.2. The predicted octanol–water partition coefficient (Wildman–Crippen LogP) is 2.37. The Kier molecular flexibility index (Phi) is 8.06. The zero-order valence-electron chi connectivity index (χ0n) is 15.0. The lowest BCUT2D eigenvalue weighted by atomic mass is 10.0. The molecule has 0 aromatic heterocycles. The maximum Gasteiger partial charge on any atom is 0.319 e. The Bertz CT molecular complexity index is 628. The van der Waals surface area contributed by atoms with E-state index in [9.17, 15) is 18.4 Å². The molecule has 1 atom stereocenters. The van der Waals surface area contributed by atoms with E-state index in [1.165, 1.54) is 0 Å². The number of benzene rings is 1. The molecule has 144 valence electrons. The van der Waals surface area contributed by atoms with Gasteiger partial charge in [0.25, 0.3) is 0 Å². The number of hydrogen-bond donors (Lipinski definition) is 2. The van der Waals surface area contributed by atoms with Crippen molar-refractivity contribution in [2.75, 3.05) is 18.4 Å². The van der Waals surface area contributed by atoms with Crippen LogP contribution in [0.1, 0.15) is 44.6 Å². The van der Waals surface area contributed by atoms with Crippen LogP contribution in [0, 0.1) is 0 Å². The minimum Gasteiger partial charge on any atom is -0.772 e. The highest BCUT2D eigenvalue weighted by Gasteiger charge is 2.23. The highest BCUT2D eigenvalue weighted by molar-refractivity contribution is 7.78. The lowest BCUT2D eigenvalue weighted by Gasteiger charge is -2.32. The van der Waals surface area contributed by atoms with Gasteiger partial charge in [-0.3, -0.25) is 9.00 Å². The Labute approximate surface area is 156 Å². The van der Waals surface area contributed by atoms with E-state index in [1.54, 1.807) is 24.3 Å². The van der Waals surface area contributed by atoms with Crippen LogP contribution in [0.25, 0.3) is 0 Å². The van der Waals surface area contributed by atoms with E-state index in [-0.39, 0.29) is 23.7 Å². The molecule has 0 aliphatic carbocycles. The van der Waals surface area contributed by atoms with Crippen molar-refractivity contribution in [1.82, 2.24) is 10.2 Å². The first-order valence-electron chi connectivity index (χ1n) is 8.98. The van der Waals surface area contributed by atoms with Gasteiger partial charge in [-0.2, -0.15) is 0 Å². The van der Waals surface area contributed by atoms with Crippen LogP contribution in [-0.2, 0) is 21.6 Å². The minimum atomic E-state index is -2.13. The number of rotatable bonds is 7. The number of likely N-dealkylation sites (tertiary alicyclic amines) is 1. The molecule has 1 fully saturated rings. The molecule has 7 nitrogen and oxygen atoms in total. The Morgan fingerprint density at radius 2 is 1.88 bits per heavy atom. The van der Waals surface area contributed by atoms with Crippen molar-refractivity contribution < 1.29 is 18.4 Å². The molecule has 8 heteroatoms. The van der Waals surface area contributed by atoms with Gasteiger partial charge < -0.3 is 20.1 Å². The summed E-state index contributed by atoms with van der Waals surface area (Å²) in [6.45, 7) is 3.42. The summed E-state index contributed by atoms with van der Waals surface area (Å²) in [7, 11) is 0. The zero-order valence-corrected chi connectivity index (χ0v) is 15.8. The average molecular weight is 380 g/mol. The largest absolute Gasteiger partial charge is 0.772 e. The van der Waals surface area contributed by atoms with Gasteiger partial charge in [-0.15, -0.1) is 0 Å². The van der Waals surface area contributed by atoms with Crippen molar-refractivity contribution >= 4 is 28.7 Å². The van der Waals surface area contributed by atoms with Gasteiger partial charge in [0.1, 0.15) is 0 Å². The molecule has 0 radical (unpaired) electrons. The molecular formula is C18H26N3O4S-. The molecule has 0 bridgehead atoms. The number of hydrogen-bond acceptors (Lipinski definition) is 4. The van der Waals surface area contributed by atoms with Crippen molar-refractivity contribution in [3.05, 3.63) is 29.8 Å². The van der Waals surface area contributed by atoms with Gasteiger partial charge in [0, 0.05) is 37.0 Å². The van der Waals surface area contributed by atoms with Crippen LogP contribution in [0.5, 0.6) is 0 Å². The highest BCUT2D eigenvalue weighted by atomic mass is 32.2. The molecule has 1 aromatic carbocycles. The van der Waals surface area contributed by atoms with Crippen molar-refractivity contribution in [3.63, 3.8) is 0 Å². The second kappa shape index (κ2) is 10.3. The van der Waals surface area contributed by atoms with Crippen molar-refractivity contribution in [2.45, 2.75) is 50.8 Å². The first-order chi connectivity index (χ1) is 12.5. The molecule has 1 saturated heterocycles. The van der Waals surface area contributed by atoms with Crippen molar-refractivity contribution in [1.29, 1.82) is 0 Å². The van der Waals surface area contributed by atoms with Crippen LogP contribution < -0.4 is 10.6 Å². The fourth-order valence-corrected chi connectivity index (χ4v) is 3.40. The van der Waals surface area contributed by atoms with E-state index in [0.29, 0.717) is 30.8 Å². The van der Waals surface area contributed by atoms with Crippen LogP contribution in [0.2, 0.25) is 0 Å². The second-order valence-electron chi connectivity index (χ2n) is 6.50. The molecule has 1 aliphatic rings. The molecule has 1 heterocycles. The number of anilines is 1. The normalized spacial score (nSPS) is 16.2. The van der Waals surface area contributed by atoms with E-state index >= 15 is 0 Å². The number of nitrogens with one attached hydrogen (secondary N) is 2. The van der Waals surface area contributed by atoms with Gasteiger partial charge >= 0.3 is 6.03 Å². The molecule has 2 N–H and O–H groups in total. The number of piperidine rings is 1. The van der Waals surface area contributed by atoms with Crippen LogP contribution in [0.3, 0.4) is 0 Å². The monoisotopic (exact) mass is 380 g/mol. The quantitative estimate of drug-likeness (QED) is 0.709.